The lowest BCUT2D eigenvalue weighted by molar-refractivity contribution is 1.18. The molecule has 0 aliphatic rings. The van der Waals surface area contributed by atoms with Crippen molar-refractivity contribution in [3.8, 4) is 5.69 Å². The highest BCUT2D eigenvalue weighted by Gasteiger charge is 2.21. The molecule has 5 aromatic heterocycles. The summed E-state index contributed by atoms with van der Waals surface area (Å²) in [4.78, 5) is 9.97. The highest BCUT2D eigenvalue weighted by molar-refractivity contribution is 7.25. The molecule has 0 unspecified atom stereocenters. The van der Waals surface area contributed by atoms with Crippen molar-refractivity contribution in [1.29, 1.82) is 0 Å². The lowest BCUT2D eigenvalue weighted by atomic mass is 10.0. The number of rotatable bonds is 3. The van der Waals surface area contributed by atoms with Gasteiger partial charge in [0.15, 0.2) is 0 Å². The van der Waals surface area contributed by atoms with Crippen LogP contribution in [0.1, 0.15) is 18.3 Å². The summed E-state index contributed by atoms with van der Waals surface area (Å²) < 4.78 is 7.20. The molecular formula is C37H24N4S. The summed E-state index contributed by atoms with van der Waals surface area (Å²) in [6, 6.07) is 33.0. The predicted octanol–water partition coefficient (Wildman–Crippen LogP) is 10.2. The second-order valence-corrected chi connectivity index (χ2v) is 11.8. The van der Waals surface area contributed by atoms with Gasteiger partial charge in [0.1, 0.15) is 11.3 Å². The molecule has 4 aromatic carbocycles. The average Bonchev–Trinajstić information content (AvgIpc) is 3.69. The Hall–Kier alpha value is -5.26. The standard InChI is InChI=1S/C37H24N4S/c1-3-11-31-30(4-2)39-37-29-20-33-26(18-25(29)24-15-10-17-38-36(24)41(31)37)27-21-35-28(23-14-8-9-16-34(23)42-35)19-32(27)40(33)22-12-6-5-7-13-22/h3-21H,2H2,1H3/b11-3-. The highest BCUT2D eigenvalue weighted by atomic mass is 32.1. The zero-order valence-corrected chi connectivity index (χ0v) is 23.7. The fourth-order valence-corrected chi connectivity index (χ4v) is 7.77. The number of pyridine rings is 2. The summed E-state index contributed by atoms with van der Waals surface area (Å²) in [5, 5.41) is 8.41. The van der Waals surface area contributed by atoms with Crippen LogP contribution in [-0.4, -0.2) is 18.9 Å². The number of aromatic nitrogens is 4. The number of nitrogens with zero attached hydrogens (tertiary/aromatic N) is 4. The molecule has 5 heterocycles. The third kappa shape index (κ3) is 3.06. The highest BCUT2D eigenvalue weighted by Crippen LogP contribution is 2.43. The molecule has 42 heavy (non-hydrogen) atoms. The Labute approximate surface area is 245 Å². The van der Waals surface area contributed by atoms with Gasteiger partial charge in [-0.2, -0.15) is 0 Å². The molecule has 9 aromatic rings. The summed E-state index contributed by atoms with van der Waals surface area (Å²) in [6.07, 6.45) is 7.83. The Bertz CT molecular complexity index is 2600. The van der Waals surface area contributed by atoms with Crippen LogP contribution < -0.4 is 0 Å². The zero-order chi connectivity index (χ0) is 27.9. The number of benzene rings is 4. The van der Waals surface area contributed by atoms with E-state index in [1.165, 1.54) is 36.5 Å². The van der Waals surface area contributed by atoms with Crippen LogP contribution in [0.25, 0.3) is 87.3 Å². The van der Waals surface area contributed by atoms with Gasteiger partial charge < -0.3 is 4.57 Å². The van der Waals surface area contributed by atoms with E-state index in [0.717, 1.165) is 50.0 Å². The molecule has 0 bridgehead atoms. The number of imidazole rings is 1. The normalized spacial score (nSPS) is 12.4. The molecule has 198 valence electrons. The van der Waals surface area contributed by atoms with E-state index in [4.69, 9.17) is 9.97 Å². The lowest BCUT2D eigenvalue weighted by Gasteiger charge is -2.11. The number of hydrogen-bond acceptors (Lipinski definition) is 3. The van der Waals surface area contributed by atoms with Gasteiger partial charge in [-0.3, -0.25) is 4.40 Å². The largest absolute Gasteiger partial charge is 0.309 e. The summed E-state index contributed by atoms with van der Waals surface area (Å²) >= 11 is 1.86. The maximum Gasteiger partial charge on any atom is 0.147 e. The molecule has 0 aliphatic carbocycles. The third-order valence-corrected chi connectivity index (χ3v) is 9.54. The fourth-order valence-electron chi connectivity index (χ4n) is 6.64. The monoisotopic (exact) mass is 556 g/mol. The smallest absolute Gasteiger partial charge is 0.147 e. The molecule has 0 N–H and O–H groups in total. The molecule has 0 spiro atoms. The Balaban J connectivity index is 1.53. The van der Waals surface area contributed by atoms with E-state index in [2.05, 4.69) is 107 Å². The van der Waals surface area contributed by atoms with E-state index in [-0.39, 0.29) is 0 Å². The number of para-hydroxylation sites is 1. The maximum atomic E-state index is 5.11. The van der Waals surface area contributed by atoms with Crippen LogP contribution in [0.15, 0.2) is 110 Å². The van der Waals surface area contributed by atoms with Crippen LogP contribution in [0.5, 0.6) is 0 Å². The minimum Gasteiger partial charge on any atom is -0.309 e. The van der Waals surface area contributed by atoms with Gasteiger partial charge in [0.2, 0.25) is 0 Å². The van der Waals surface area contributed by atoms with Gasteiger partial charge in [-0.25, -0.2) is 9.97 Å². The Morgan fingerprint density at radius 1 is 0.690 bits per heavy atom. The van der Waals surface area contributed by atoms with Crippen molar-refractivity contribution < 1.29 is 0 Å². The number of thiophene rings is 1. The van der Waals surface area contributed by atoms with Gasteiger partial charge in [0.25, 0.3) is 0 Å². The minimum atomic E-state index is 0.850. The van der Waals surface area contributed by atoms with Gasteiger partial charge in [-0.15, -0.1) is 11.3 Å². The van der Waals surface area contributed by atoms with Gasteiger partial charge in [0, 0.05) is 53.6 Å². The Morgan fingerprint density at radius 3 is 2.29 bits per heavy atom. The van der Waals surface area contributed by atoms with E-state index in [0.29, 0.717) is 0 Å². The molecule has 0 atom stereocenters. The molecule has 0 radical (unpaired) electrons. The van der Waals surface area contributed by atoms with Crippen molar-refractivity contribution in [2.45, 2.75) is 6.92 Å². The molecule has 0 saturated carbocycles. The maximum absolute atomic E-state index is 5.11. The first-order chi connectivity index (χ1) is 20.7. The van der Waals surface area contributed by atoms with Gasteiger partial charge in [0.05, 0.1) is 22.4 Å². The first kappa shape index (κ1) is 23.4. The zero-order valence-electron chi connectivity index (χ0n) is 22.9. The first-order valence-electron chi connectivity index (χ1n) is 14.1. The van der Waals surface area contributed by atoms with Crippen LogP contribution in [-0.2, 0) is 0 Å². The molecule has 0 saturated heterocycles. The van der Waals surface area contributed by atoms with Gasteiger partial charge >= 0.3 is 0 Å². The van der Waals surface area contributed by atoms with E-state index in [1.807, 2.05) is 42.7 Å². The van der Waals surface area contributed by atoms with Crippen molar-refractivity contribution in [2.24, 2.45) is 0 Å². The van der Waals surface area contributed by atoms with E-state index in [9.17, 15) is 0 Å². The summed E-state index contributed by atoms with van der Waals surface area (Å²) in [7, 11) is 0. The second-order valence-electron chi connectivity index (χ2n) is 10.7. The topological polar surface area (TPSA) is 35.1 Å². The molecule has 5 heteroatoms. The van der Waals surface area contributed by atoms with Gasteiger partial charge in [-0.05, 0) is 79.1 Å². The van der Waals surface area contributed by atoms with Gasteiger partial charge in [-0.1, -0.05) is 49.1 Å². The third-order valence-electron chi connectivity index (χ3n) is 8.41. The molecule has 0 amide bonds. The van der Waals surface area contributed by atoms with Crippen molar-refractivity contribution in [3.05, 3.63) is 121 Å². The number of allylic oxidation sites excluding steroid dienone is 1. The van der Waals surface area contributed by atoms with Crippen molar-refractivity contribution >= 4 is 92.9 Å². The minimum absolute atomic E-state index is 0.850. The van der Waals surface area contributed by atoms with E-state index < -0.39 is 0 Å². The summed E-state index contributed by atoms with van der Waals surface area (Å²) in [6.45, 7) is 6.10. The van der Waals surface area contributed by atoms with Crippen molar-refractivity contribution in [2.75, 3.05) is 0 Å². The molecule has 0 fully saturated rings. The Morgan fingerprint density at radius 2 is 1.45 bits per heavy atom. The second kappa shape index (κ2) is 8.62. The predicted molar refractivity (Wildman–Crippen MR) is 180 cm³/mol. The van der Waals surface area contributed by atoms with Crippen LogP contribution >= 0.6 is 11.3 Å². The van der Waals surface area contributed by atoms with Crippen molar-refractivity contribution in [3.63, 3.8) is 0 Å². The van der Waals surface area contributed by atoms with E-state index >= 15 is 0 Å². The molecular weight excluding hydrogens is 533 g/mol. The Kier molecular flexibility index (Phi) is 4.81. The first-order valence-corrected chi connectivity index (χ1v) is 14.9. The van der Waals surface area contributed by atoms with Crippen LogP contribution in [0.4, 0.5) is 0 Å². The van der Waals surface area contributed by atoms with Crippen LogP contribution in [0, 0.1) is 0 Å². The van der Waals surface area contributed by atoms with Crippen LogP contribution in [0.2, 0.25) is 0 Å². The van der Waals surface area contributed by atoms with E-state index in [1.54, 1.807) is 0 Å². The molecule has 9 rings (SSSR count). The fraction of sp³-hybridized carbons (Fsp3) is 0.0270. The molecule has 4 nitrogen and oxygen atoms in total. The lowest BCUT2D eigenvalue weighted by Crippen LogP contribution is -1.97. The summed E-state index contributed by atoms with van der Waals surface area (Å²) in [5.74, 6) is 0. The number of fused-ring (bicyclic) bond motifs is 12. The SMILES string of the molecule is C=Cc1nc2c3cc4c(cc3c3cccnc3n2c1/C=C\C)c1cc2sc3ccccc3c2cc1n4-c1ccccc1. The average molecular weight is 557 g/mol. The van der Waals surface area contributed by atoms with Crippen molar-refractivity contribution in [1.82, 2.24) is 18.9 Å². The molecule has 0 aliphatic heterocycles. The summed E-state index contributed by atoms with van der Waals surface area (Å²) in [5.41, 5.74) is 7.12. The van der Waals surface area contributed by atoms with Crippen LogP contribution in [0.3, 0.4) is 0 Å². The number of hydrogen-bond donors (Lipinski definition) is 0. The quantitative estimate of drug-likeness (QED) is 0.203.